The van der Waals surface area contributed by atoms with Crippen LogP contribution in [0.25, 0.3) is 0 Å². The maximum Gasteiger partial charge on any atom is 0.174 e. The number of para-hydroxylation sites is 1. The average Bonchev–Trinajstić information content (AvgIpc) is 3.38. The molecule has 2 aromatic heterocycles. The van der Waals surface area contributed by atoms with Crippen LogP contribution < -0.4 is 15.0 Å². The van der Waals surface area contributed by atoms with Crippen LogP contribution in [0, 0.1) is 0 Å². The molecule has 2 aromatic carbocycles. The van der Waals surface area contributed by atoms with Crippen LogP contribution in [0.1, 0.15) is 23.5 Å². The Labute approximate surface area is 186 Å². The SMILES string of the molecule is Cn1cccc1C1C(c2ccccn2)NC(=S)N1c1ccc(Oc2ccccc2)cc1. The minimum atomic E-state index is -0.0532. The lowest BCUT2D eigenvalue weighted by Crippen LogP contribution is -2.30. The van der Waals surface area contributed by atoms with Crippen molar-refractivity contribution >= 4 is 23.0 Å². The zero-order valence-electron chi connectivity index (χ0n) is 17.1. The second-order valence-electron chi connectivity index (χ2n) is 7.45. The van der Waals surface area contributed by atoms with Gasteiger partial charge in [-0.25, -0.2) is 0 Å². The van der Waals surface area contributed by atoms with E-state index in [-0.39, 0.29) is 12.1 Å². The molecule has 154 valence electrons. The minimum Gasteiger partial charge on any atom is -0.457 e. The first kappa shape index (κ1) is 19.3. The Morgan fingerprint density at radius 1 is 0.871 bits per heavy atom. The highest BCUT2D eigenvalue weighted by Crippen LogP contribution is 2.41. The normalized spacial score (nSPS) is 18.1. The lowest BCUT2D eigenvalue weighted by molar-refractivity contribution is 0.482. The van der Waals surface area contributed by atoms with E-state index in [1.807, 2.05) is 79.0 Å². The molecule has 2 atom stereocenters. The van der Waals surface area contributed by atoms with E-state index in [2.05, 4.69) is 45.1 Å². The van der Waals surface area contributed by atoms with Crippen LogP contribution in [0.4, 0.5) is 5.69 Å². The number of benzene rings is 2. The van der Waals surface area contributed by atoms with Crippen LogP contribution in [-0.4, -0.2) is 14.7 Å². The molecule has 0 bridgehead atoms. The van der Waals surface area contributed by atoms with Gasteiger partial charge in [0.2, 0.25) is 0 Å². The number of aromatic nitrogens is 2. The number of aryl methyl sites for hydroxylation is 1. The third kappa shape index (κ3) is 3.78. The summed E-state index contributed by atoms with van der Waals surface area (Å²) in [4.78, 5) is 6.76. The smallest absolute Gasteiger partial charge is 0.174 e. The summed E-state index contributed by atoms with van der Waals surface area (Å²) < 4.78 is 8.09. The van der Waals surface area contributed by atoms with Crippen LogP contribution in [0.2, 0.25) is 0 Å². The Hall–Kier alpha value is -3.64. The number of hydrogen-bond acceptors (Lipinski definition) is 3. The number of hydrogen-bond donors (Lipinski definition) is 1. The zero-order valence-corrected chi connectivity index (χ0v) is 17.9. The number of nitrogens with one attached hydrogen (secondary N) is 1. The summed E-state index contributed by atoms with van der Waals surface area (Å²) in [6, 6.07) is 27.9. The van der Waals surface area contributed by atoms with Crippen molar-refractivity contribution in [2.24, 2.45) is 7.05 Å². The van der Waals surface area contributed by atoms with Crippen LogP contribution in [0.5, 0.6) is 11.5 Å². The molecule has 1 fully saturated rings. The van der Waals surface area contributed by atoms with Crippen LogP contribution in [-0.2, 0) is 7.05 Å². The minimum absolute atomic E-state index is 0.0247. The van der Waals surface area contributed by atoms with Gasteiger partial charge in [0, 0.05) is 30.8 Å². The summed E-state index contributed by atoms with van der Waals surface area (Å²) in [6.07, 6.45) is 3.88. The molecule has 6 heteroatoms. The maximum absolute atomic E-state index is 5.95. The van der Waals surface area contributed by atoms with E-state index in [4.69, 9.17) is 17.0 Å². The van der Waals surface area contributed by atoms with Crippen molar-refractivity contribution in [3.63, 3.8) is 0 Å². The largest absolute Gasteiger partial charge is 0.457 e. The van der Waals surface area contributed by atoms with E-state index in [1.165, 1.54) is 0 Å². The number of ether oxygens (including phenoxy) is 1. The van der Waals surface area contributed by atoms with E-state index in [1.54, 1.807) is 0 Å². The number of anilines is 1. The predicted molar refractivity (Wildman–Crippen MR) is 126 cm³/mol. The molecule has 31 heavy (non-hydrogen) atoms. The molecule has 3 heterocycles. The molecule has 1 aliphatic rings. The number of pyridine rings is 1. The van der Waals surface area contributed by atoms with Gasteiger partial charge in [-0.15, -0.1) is 0 Å². The first-order chi connectivity index (χ1) is 15.2. The number of rotatable bonds is 5. The van der Waals surface area contributed by atoms with Crippen molar-refractivity contribution in [1.82, 2.24) is 14.9 Å². The fourth-order valence-electron chi connectivity index (χ4n) is 4.01. The summed E-state index contributed by atoms with van der Waals surface area (Å²) in [5.41, 5.74) is 3.12. The second kappa shape index (κ2) is 8.24. The molecule has 4 aromatic rings. The summed E-state index contributed by atoms with van der Waals surface area (Å²) in [5, 5.41) is 4.17. The van der Waals surface area contributed by atoms with Crippen molar-refractivity contribution in [3.05, 3.63) is 109 Å². The fourth-order valence-corrected chi connectivity index (χ4v) is 4.36. The lowest BCUT2D eigenvalue weighted by atomic mass is 10.0. The maximum atomic E-state index is 5.95. The highest BCUT2D eigenvalue weighted by atomic mass is 32.1. The van der Waals surface area contributed by atoms with Crippen molar-refractivity contribution in [2.75, 3.05) is 4.90 Å². The van der Waals surface area contributed by atoms with Gasteiger partial charge in [0.15, 0.2) is 5.11 Å². The molecule has 1 saturated heterocycles. The Kier molecular flexibility index (Phi) is 5.14. The number of thiocarbonyl (C=S) groups is 1. The molecule has 0 saturated carbocycles. The Morgan fingerprint density at radius 2 is 1.61 bits per heavy atom. The van der Waals surface area contributed by atoms with Crippen molar-refractivity contribution in [3.8, 4) is 11.5 Å². The van der Waals surface area contributed by atoms with Crippen molar-refractivity contribution in [2.45, 2.75) is 12.1 Å². The molecule has 5 nitrogen and oxygen atoms in total. The molecule has 5 rings (SSSR count). The zero-order chi connectivity index (χ0) is 21.2. The summed E-state index contributed by atoms with van der Waals surface area (Å²) >= 11 is 5.78. The predicted octanol–water partition coefficient (Wildman–Crippen LogP) is 5.39. The van der Waals surface area contributed by atoms with Gasteiger partial charge in [-0.05, 0) is 72.9 Å². The van der Waals surface area contributed by atoms with E-state index < -0.39 is 0 Å². The van der Waals surface area contributed by atoms with Gasteiger partial charge in [0.25, 0.3) is 0 Å². The third-order valence-corrected chi connectivity index (χ3v) is 5.79. The van der Waals surface area contributed by atoms with Gasteiger partial charge < -0.3 is 19.5 Å². The van der Waals surface area contributed by atoms with E-state index in [0.717, 1.165) is 28.6 Å². The first-order valence-electron chi connectivity index (χ1n) is 10.2. The second-order valence-corrected chi connectivity index (χ2v) is 7.84. The molecule has 0 aliphatic carbocycles. The molecule has 2 unspecified atom stereocenters. The molecule has 1 aliphatic heterocycles. The van der Waals surface area contributed by atoms with E-state index in [0.29, 0.717) is 5.11 Å². The number of nitrogens with zero attached hydrogens (tertiary/aromatic N) is 3. The average molecular weight is 427 g/mol. The fraction of sp³-hybridized carbons (Fsp3) is 0.120. The van der Waals surface area contributed by atoms with Crippen LogP contribution in [0.15, 0.2) is 97.3 Å². The van der Waals surface area contributed by atoms with E-state index >= 15 is 0 Å². The van der Waals surface area contributed by atoms with E-state index in [9.17, 15) is 0 Å². The molecule has 1 N–H and O–H groups in total. The van der Waals surface area contributed by atoms with Crippen molar-refractivity contribution < 1.29 is 4.74 Å². The van der Waals surface area contributed by atoms with Gasteiger partial charge in [-0.2, -0.15) is 0 Å². The summed E-state index contributed by atoms with van der Waals surface area (Å²) in [7, 11) is 2.06. The van der Waals surface area contributed by atoms with Gasteiger partial charge in [0.1, 0.15) is 17.5 Å². The quantitative estimate of drug-likeness (QED) is 0.434. The topological polar surface area (TPSA) is 42.3 Å². The van der Waals surface area contributed by atoms with Gasteiger partial charge in [0.05, 0.1) is 11.7 Å². The van der Waals surface area contributed by atoms with Crippen LogP contribution >= 0.6 is 12.2 Å². The summed E-state index contributed by atoms with van der Waals surface area (Å²) in [5.74, 6) is 1.59. The van der Waals surface area contributed by atoms with Crippen molar-refractivity contribution in [1.29, 1.82) is 0 Å². The molecule has 0 amide bonds. The van der Waals surface area contributed by atoms with Gasteiger partial charge >= 0.3 is 0 Å². The Balaban J connectivity index is 1.49. The standard InChI is InChI=1S/C25H22N4OS/c1-28-17-7-11-22(28)24-23(21-10-5-6-16-26-21)27-25(31)29(24)18-12-14-20(15-13-18)30-19-8-3-2-4-9-19/h2-17,23-24H,1H3,(H,27,31). The molecule has 0 spiro atoms. The molecular formula is C25H22N4OS. The highest BCUT2D eigenvalue weighted by molar-refractivity contribution is 7.80. The summed E-state index contributed by atoms with van der Waals surface area (Å²) in [6.45, 7) is 0. The van der Waals surface area contributed by atoms with Crippen LogP contribution in [0.3, 0.4) is 0 Å². The Morgan fingerprint density at radius 3 is 2.29 bits per heavy atom. The monoisotopic (exact) mass is 426 g/mol. The Bertz CT molecular complexity index is 1180. The highest BCUT2D eigenvalue weighted by Gasteiger charge is 2.41. The molecular weight excluding hydrogens is 404 g/mol. The van der Waals surface area contributed by atoms with Gasteiger partial charge in [-0.3, -0.25) is 4.98 Å². The molecule has 0 radical (unpaired) electrons. The third-order valence-electron chi connectivity index (χ3n) is 5.48. The first-order valence-corrected chi connectivity index (χ1v) is 10.6. The lowest BCUT2D eigenvalue weighted by Gasteiger charge is -2.28. The van der Waals surface area contributed by atoms with Gasteiger partial charge in [-0.1, -0.05) is 24.3 Å².